The van der Waals surface area contributed by atoms with Crippen LogP contribution in [0.2, 0.25) is 0 Å². The van der Waals surface area contributed by atoms with Crippen molar-refractivity contribution in [3.05, 3.63) is 35.6 Å². The summed E-state index contributed by atoms with van der Waals surface area (Å²) in [5.41, 5.74) is -0.160. The predicted molar refractivity (Wildman–Crippen MR) is 69.3 cm³/mol. The number of benzene rings is 1. The van der Waals surface area contributed by atoms with Crippen LogP contribution in [0.5, 0.6) is 0 Å². The Morgan fingerprint density at radius 3 is 2.53 bits per heavy atom. The van der Waals surface area contributed by atoms with Gasteiger partial charge in [0, 0.05) is 0 Å². The van der Waals surface area contributed by atoms with Gasteiger partial charge in [-0.1, -0.05) is 51.7 Å². The van der Waals surface area contributed by atoms with Gasteiger partial charge in [-0.3, -0.25) is 0 Å². The van der Waals surface area contributed by atoms with E-state index >= 15 is 0 Å². The smallest absolute Gasteiger partial charge is 0.123 e. The average molecular weight is 238 g/mol. The molecule has 1 unspecified atom stereocenters. The molecule has 0 spiro atoms. The topological polar surface area (TPSA) is 20.2 Å². The van der Waals surface area contributed by atoms with Crippen molar-refractivity contribution in [2.45, 2.75) is 58.0 Å². The summed E-state index contributed by atoms with van der Waals surface area (Å²) in [5.74, 6) is -0.275. The molecule has 1 aromatic rings. The van der Waals surface area contributed by atoms with E-state index in [2.05, 4.69) is 6.92 Å². The van der Waals surface area contributed by atoms with Gasteiger partial charge in [0.1, 0.15) is 5.82 Å². The molecule has 0 heterocycles. The van der Waals surface area contributed by atoms with E-state index in [-0.39, 0.29) is 5.82 Å². The maximum atomic E-state index is 13.2. The second-order valence-electron chi connectivity index (χ2n) is 4.71. The molecule has 0 aliphatic heterocycles. The van der Waals surface area contributed by atoms with Crippen LogP contribution in [-0.2, 0) is 5.60 Å². The van der Waals surface area contributed by atoms with Gasteiger partial charge in [-0.2, -0.15) is 0 Å². The minimum absolute atomic E-state index is 0.275. The molecular weight excluding hydrogens is 215 g/mol. The molecule has 96 valence electrons. The van der Waals surface area contributed by atoms with Gasteiger partial charge in [-0.05, 0) is 30.5 Å². The summed E-state index contributed by atoms with van der Waals surface area (Å²) < 4.78 is 13.2. The molecule has 2 heteroatoms. The number of halogens is 1. The van der Waals surface area contributed by atoms with Crippen LogP contribution in [-0.4, -0.2) is 5.11 Å². The van der Waals surface area contributed by atoms with E-state index in [1.807, 2.05) is 13.0 Å². The second-order valence-corrected chi connectivity index (χ2v) is 4.71. The molecule has 0 radical (unpaired) electrons. The molecule has 17 heavy (non-hydrogen) atoms. The molecule has 0 aliphatic rings. The third-order valence-corrected chi connectivity index (χ3v) is 3.39. The van der Waals surface area contributed by atoms with Crippen molar-refractivity contribution in [2.24, 2.45) is 0 Å². The first-order valence-corrected chi connectivity index (χ1v) is 6.61. The Morgan fingerprint density at radius 1 is 1.18 bits per heavy atom. The molecule has 1 nitrogen and oxygen atoms in total. The van der Waals surface area contributed by atoms with E-state index in [1.54, 1.807) is 6.07 Å². The first-order chi connectivity index (χ1) is 8.12. The lowest BCUT2D eigenvalue weighted by Crippen LogP contribution is -2.24. The summed E-state index contributed by atoms with van der Waals surface area (Å²) >= 11 is 0. The van der Waals surface area contributed by atoms with Crippen molar-refractivity contribution in [2.75, 3.05) is 0 Å². The maximum Gasteiger partial charge on any atom is 0.123 e. The normalized spacial score (nSPS) is 14.6. The zero-order chi connectivity index (χ0) is 12.7. The van der Waals surface area contributed by atoms with Crippen LogP contribution in [0.1, 0.15) is 57.9 Å². The second kappa shape index (κ2) is 6.75. The van der Waals surface area contributed by atoms with E-state index in [1.165, 1.54) is 25.0 Å². The molecule has 0 fully saturated rings. The van der Waals surface area contributed by atoms with Gasteiger partial charge in [0.05, 0.1) is 5.60 Å². The SMILES string of the molecule is CCCCCCC(O)(CC)c1cccc(F)c1. The van der Waals surface area contributed by atoms with Crippen molar-refractivity contribution >= 4 is 0 Å². The molecule has 0 saturated carbocycles. The van der Waals surface area contributed by atoms with Crippen molar-refractivity contribution in [3.63, 3.8) is 0 Å². The van der Waals surface area contributed by atoms with Crippen LogP contribution in [0.4, 0.5) is 4.39 Å². The Hall–Kier alpha value is -0.890. The van der Waals surface area contributed by atoms with Gasteiger partial charge >= 0.3 is 0 Å². The fourth-order valence-electron chi connectivity index (χ4n) is 2.15. The molecule has 0 saturated heterocycles. The van der Waals surface area contributed by atoms with Crippen LogP contribution in [0.15, 0.2) is 24.3 Å². The molecule has 1 atom stereocenters. The molecule has 0 amide bonds. The fraction of sp³-hybridized carbons (Fsp3) is 0.600. The molecular formula is C15H23FO. The zero-order valence-corrected chi connectivity index (χ0v) is 10.9. The third-order valence-electron chi connectivity index (χ3n) is 3.39. The number of unbranched alkanes of at least 4 members (excludes halogenated alkanes) is 3. The highest BCUT2D eigenvalue weighted by Gasteiger charge is 2.26. The van der Waals surface area contributed by atoms with Crippen LogP contribution < -0.4 is 0 Å². The number of rotatable bonds is 7. The van der Waals surface area contributed by atoms with E-state index in [4.69, 9.17) is 0 Å². The summed E-state index contributed by atoms with van der Waals surface area (Å²) in [6, 6.07) is 6.34. The Labute approximate surface area is 104 Å². The van der Waals surface area contributed by atoms with Crippen molar-refractivity contribution in [1.29, 1.82) is 0 Å². The van der Waals surface area contributed by atoms with E-state index in [9.17, 15) is 9.50 Å². The molecule has 0 bridgehead atoms. The first kappa shape index (κ1) is 14.2. The Kier molecular flexibility index (Phi) is 5.63. The van der Waals surface area contributed by atoms with Gasteiger partial charge in [0.2, 0.25) is 0 Å². The van der Waals surface area contributed by atoms with Gasteiger partial charge in [0.25, 0.3) is 0 Å². The largest absolute Gasteiger partial charge is 0.385 e. The number of hydrogen-bond donors (Lipinski definition) is 1. The van der Waals surface area contributed by atoms with Gasteiger partial charge < -0.3 is 5.11 Å². The third kappa shape index (κ3) is 4.12. The number of aliphatic hydroxyl groups is 1. The fourth-order valence-corrected chi connectivity index (χ4v) is 2.15. The summed E-state index contributed by atoms with van der Waals surface area (Å²) in [6.07, 6.45) is 5.85. The molecule has 1 rings (SSSR count). The van der Waals surface area contributed by atoms with Crippen LogP contribution in [0.3, 0.4) is 0 Å². The first-order valence-electron chi connectivity index (χ1n) is 6.61. The minimum Gasteiger partial charge on any atom is -0.385 e. The Balaban J connectivity index is 2.67. The van der Waals surface area contributed by atoms with Gasteiger partial charge in [-0.25, -0.2) is 4.39 Å². The standard InChI is InChI=1S/C15H23FO/c1-3-5-6-7-11-15(17,4-2)13-9-8-10-14(16)12-13/h8-10,12,17H,3-7,11H2,1-2H3. The highest BCUT2D eigenvalue weighted by molar-refractivity contribution is 5.23. The molecule has 0 aliphatic carbocycles. The summed E-state index contributed by atoms with van der Waals surface area (Å²) in [6.45, 7) is 4.11. The van der Waals surface area contributed by atoms with Crippen LogP contribution in [0, 0.1) is 5.82 Å². The van der Waals surface area contributed by atoms with E-state index in [0.717, 1.165) is 12.8 Å². The maximum absolute atomic E-state index is 13.2. The van der Waals surface area contributed by atoms with Crippen LogP contribution >= 0.6 is 0 Å². The van der Waals surface area contributed by atoms with Crippen LogP contribution in [0.25, 0.3) is 0 Å². The Morgan fingerprint density at radius 2 is 1.94 bits per heavy atom. The lowest BCUT2D eigenvalue weighted by atomic mass is 9.86. The lowest BCUT2D eigenvalue weighted by Gasteiger charge is -2.27. The quantitative estimate of drug-likeness (QED) is 0.698. The van der Waals surface area contributed by atoms with E-state index < -0.39 is 5.60 Å². The van der Waals surface area contributed by atoms with Crippen molar-refractivity contribution < 1.29 is 9.50 Å². The minimum atomic E-state index is -0.865. The monoisotopic (exact) mass is 238 g/mol. The molecule has 1 N–H and O–H groups in total. The van der Waals surface area contributed by atoms with Gasteiger partial charge in [0.15, 0.2) is 0 Å². The Bertz CT molecular complexity index is 337. The van der Waals surface area contributed by atoms with Gasteiger partial charge in [-0.15, -0.1) is 0 Å². The highest BCUT2D eigenvalue weighted by atomic mass is 19.1. The highest BCUT2D eigenvalue weighted by Crippen LogP contribution is 2.31. The molecule has 0 aromatic heterocycles. The summed E-state index contributed by atoms with van der Waals surface area (Å²) in [7, 11) is 0. The summed E-state index contributed by atoms with van der Waals surface area (Å²) in [4.78, 5) is 0. The average Bonchev–Trinajstić information content (AvgIpc) is 2.34. The summed E-state index contributed by atoms with van der Waals surface area (Å²) in [5, 5.41) is 10.5. The number of hydrogen-bond acceptors (Lipinski definition) is 1. The van der Waals surface area contributed by atoms with Crippen molar-refractivity contribution in [1.82, 2.24) is 0 Å². The molecule has 1 aromatic carbocycles. The predicted octanol–water partition coefficient (Wildman–Crippen LogP) is 4.39. The van der Waals surface area contributed by atoms with Crippen molar-refractivity contribution in [3.8, 4) is 0 Å². The lowest BCUT2D eigenvalue weighted by molar-refractivity contribution is 0.0204. The van der Waals surface area contributed by atoms with E-state index in [0.29, 0.717) is 18.4 Å². The zero-order valence-electron chi connectivity index (χ0n) is 10.9.